The molecule has 1 saturated heterocycles. The zero-order valence-electron chi connectivity index (χ0n) is 9.58. The molecule has 1 rings (SSSR count). The van der Waals surface area contributed by atoms with E-state index in [9.17, 15) is 5.11 Å². The van der Waals surface area contributed by atoms with Crippen molar-refractivity contribution < 1.29 is 5.11 Å². The second-order valence-corrected chi connectivity index (χ2v) is 5.91. The average molecular weight is 217 g/mol. The van der Waals surface area contributed by atoms with E-state index in [1.54, 1.807) is 0 Å². The Morgan fingerprint density at radius 3 is 2.29 bits per heavy atom. The van der Waals surface area contributed by atoms with Gasteiger partial charge >= 0.3 is 0 Å². The van der Waals surface area contributed by atoms with E-state index in [0.29, 0.717) is 0 Å². The summed E-state index contributed by atoms with van der Waals surface area (Å²) in [6.07, 6.45) is 1.80. The lowest BCUT2D eigenvalue weighted by atomic mass is 9.90. The van der Waals surface area contributed by atoms with Gasteiger partial charge in [-0.2, -0.15) is 12.6 Å². The van der Waals surface area contributed by atoms with E-state index in [2.05, 4.69) is 31.4 Å². The van der Waals surface area contributed by atoms with E-state index < -0.39 is 5.60 Å². The summed E-state index contributed by atoms with van der Waals surface area (Å²) in [5.41, 5.74) is -0.145. The van der Waals surface area contributed by atoms with Crippen LogP contribution >= 0.6 is 12.6 Å². The van der Waals surface area contributed by atoms with Crippen LogP contribution in [0.25, 0.3) is 0 Å². The Kier molecular flexibility index (Phi) is 3.89. The van der Waals surface area contributed by atoms with Crippen molar-refractivity contribution in [3.05, 3.63) is 0 Å². The molecule has 0 aromatic carbocycles. The second kappa shape index (κ2) is 4.42. The van der Waals surface area contributed by atoms with Crippen molar-refractivity contribution in [3.8, 4) is 0 Å². The topological polar surface area (TPSA) is 23.5 Å². The first-order chi connectivity index (χ1) is 6.35. The van der Waals surface area contributed by atoms with Gasteiger partial charge in [0.1, 0.15) is 0 Å². The molecule has 3 heteroatoms. The minimum absolute atomic E-state index is 0.284. The molecule has 0 atom stereocenters. The highest BCUT2D eigenvalue weighted by Gasteiger charge is 2.29. The van der Waals surface area contributed by atoms with E-state index >= 15 is 0 Å². The van der Waals surface area contributed by atoms with Gasteiger partial charge in [0.05, 0.1) is 5.60 Å². The zero-order chi connectivity index (χ0) is 10.8. The van der Waals surface area contributed by atoms with E-state index in [4.69, 9.17) is 0 Å². The molecule has 0 unspecified atom stereocenters. The molecule has 1 N–H and O–H groups in total. The Labute approximate surface area is 93.1 Å². The van der Waals surface area contributed by atoms with E-state index in [0.717, 1.165) is 38.2 Å². The first-order valence-corrected chi connectivity index (χ1v) is 6.04. The van der Waals surface area contributed by atoms with Gasteiger partial charge in [-0.05, 0) is 30.9 Å². The van der Waals surface area contributed by atoms with Gasteiger partial charge in [0.25, 0.3) is 0 Å². The standard InChI is InChI=1S/C11H23NOS/c1-10(2,9-14)8-12-6-4-11(3,13)5-7-12/h13-14H,4-9H2,1-3H3. The van der Waals surface area contributed by atoms with Crippen LogP contribution in [0.1, 0.15) is 33.6 Å². The number of hydrogen-bond acceptors (Lipinski definition) is 3. The van der Waals surface area contributed by atoms with Crippen molar-refractivity contribution in [1.82, 2.24) is 4.90 Å². The van der Waals surface area contributed by atoms with Crippen LogP contribution in [-0.4, -0.2) is 41.0 Å². The maximum absolute atomic E-state index is 9.81. The number of likely N-dealkylation sites (tertiary alicyclic amines) is 1. The highest BCUT2D eigenvalue weighted by molar-refractivity contribution is 7.80. The predicted octanol–water partition coefficient (Wildman–Crippen LogP) is 1.79. The van der Waals surface area contributed by atoms with Crippen molar-refractivity contribution in [2.24, 2.45) is 5.41 Å². The van der Waals surface area contributed by atoms with Crippen LogP contribution < -0.4 is 0 Å². The maximum atomic E-state index is 9.81. The van der Waals surface area contributed by atoms with Crippen molar-refractivity contribution in [2.75, 3.05) is 25.4 Å². The van der Waals surface area contributed by atoms with Crippen LogP contribution in [-0.2, 0) is 0 Å². The summed E-state index contributed by atoms with van der Waals surface area (Å²) >= 11 is 4.36. The molecule has 0 saturated carbocycles. The first kappa shape index (κ1) is 12.3. The third kappa shape index (κ3) is 3.79. The highest BCUT2D eigenvalue weighted by atomic mass is 32.1. The van der Waals surface area contributed by atoms with Gasteiger partial charge in [0.15, 0.2) is 0 Å². The molecule has 1 aliphatic heterocycles. The smallest absolute Gasteiger partial charge is 0.0644 e. The van der Waals surface area contributed by atoms with E-state index in [-0.39, 0.29) is 5.41 Å². The molecule has 0 aromatic heterocycles. The van der Waals surface area contributed by atoms with Gasteiger partial charge in [-0.3, -0.25) is 0 Å². The van der Waals surface area contributed by atoms with Gasteiger partial charge in [0.2, 0.25) is 0 Å². The molecular weight excluding hydrogens is 194 g/mol. The fourth-order valence-electron chi connectivity index (χ4n) is 1.85. The summed E-state index contributed by atoms with van der Waals surface area (Å²) in [6.45, 7) is 9.55. The second-order valence-electron chi connectivity index (χ2n) is 5.60. The number of rotatable bonds is 3. The Morgan fingerprint density at radius 2 is 1.86 bits per heavy atom. The molecule has 0 aliphatic carbocycles. The Balaban J connectivity index is 2.36. The molecule has 2 nitrogen and oxygen atoms in total. The SMILES string of the molecule is CC(C)(CS)CN1CCC(C)(O)CC1. The van der Waals surface area contributed by atoms with Gasteiger partial charge in [-0.25, -0.2) is 0 Å². The molecule has 0 aromatic rings. The number of thiol groups is 1. The summed E-state index contributed by atoms with van der Waals surface area (Å²) in [7, 11) is 0. The summed E-state index contributed by atoms with van der Waals surface area (Å²) in [5.74, 6) is 0.917. The molecule has 84 valence electrons. The highest BCUT2D eigenvalue weighted by Crippen LogP contribution is 2.25. The molecule has 1 heterocycles. The quantitative estimate of drug-likeness (QED) is 0.704. The van der Waals surface area contributed by atoms with Gasteiger partial charge in [0, 0.05) is 19.6 Å². The number of hydrogen-bond donors (Lipinski definition) is 2. The number of aliphatic hydroxyl groups is 1. The molecule has 0 bridgehead atoms. The molecule has 0 spiro atoms. The molecule has 0 amide bonds. The lowest BCUT2D eigenvalue weighted by Crippen LogP contribution is -2.46. The largest absolute Gasteiger partial charge is 0.390 e. The predicted molar refractivity (Wildman–Crippen MR) is 63.9 cm³/mol. The minimum Gasteiger partial charge on any atom is -0.390 e. The Morgan fingerprint density at radius 1 is 1.36 bits per heavy atom. The molecule has 0 radical (unpaired) electrons. The van der Waals surface area contributed by atoms with Crippen LogP contribution in [0.3, 0.4) is 0 Å². The van der Waals surface area contributed by atoms with Crippen LogP contribution in [0.15, 0.2) is 0 Å². The number of piperidine rings is 1. The Bertz CT molecular complexity index is 182. The monoisotopic (exact) mass is 217 g/mol. The van der Waals surface area contributed by atoms with Crippen LogP contribution in [0, 0.1) is 5.41 Å². The zero-order valence-corrected chi connectivity index (χ0v) is 10.5. The van der Waals surface area contributed by atoms with E-state index in [1.807, 2.05) is 6.92 Å². The lowest BCUT2D eigenvalue weighted by molar-refractivity contribution is -0.0119. The van der Waals surface area contributed by atoms with Gasteiger partial charge < -0.3 is 10.0 Å². The molecule has 14 heavy (non-hydrogen) atoms. The minimum atomic E-state index is -0.429. The lowest BCUT2D eigenvalue weighted by Gasteiger charge is -2.39. The first-order valence-electron chi connectivity index (χ1n) is 5.40. The van der Waals surface area contributed by atoms with Crippen LogP contribution in [0.5, 0.6) is 0 Å². The van der Waals surface area contributed by atoms with Crippen molar-refractivity contribution >= 4 is 12.6 Å². The number of nitrogens with zero attached hydrogens (tertiary/aromatic N) is 1. The average Bonchev–Trinajstić information content (AvgIpc) is 2.09. The van der Waals surface area contributed by atoms with Gasteiger partial charge in [-0.1, -0.05) is 13.8 Å². The van der Waals surface area contributed by atoms with Crippen LogP contribution in [0.4, 0.5) is 0 Å². The molecule has 1 aliphatic rings. The van der Waals surface area contributed by atoms with Crippen molar-refractivity contribution in [2.45, 2.75) is 39.2 Å². The normalized spacial score (nSPS) is 23.8. The van der Waals surface area contributed by atoms with Gasteiger partial charge in [-0.15, -0.1) is 0 Å². The van der Waals surface area contributed by atoms with Crippen molar-refractivity contribution in [3.63, 3.8) is 0 Å². The molecule has 1 fully saturated rings. The summed E-state index contributed by atoms with van der Waals surface area (Å²) in [5, 5.41) is 9.81. The third-order valence-electron chi connectivity index (χ3n) is 3.01. The Hall–Kier alpha value is 0.270. The van der Waals surface area contributed by atoms with E-state index in [1.165, 1.54) is 0 Å². The fourth-order valence-corrected chi connectivity index (χ4v) is 1.95. The summed E-state index contributed by atoms with van der Waals surface area (Å²) in [6, 6.07) is 0. The summed E-state index contributed by atoms with van der Waals surface area (Å²) < 4.78 is 0. The fraction of sp³-hybridized carbons (Fsp3) is 1.00. The maximum Gasteiger partial charge on any atom is 0.0644 e. The third-order valence-corrected chi connectivity index (χ3v) is 3.87. The van der Waals surface area contributed by atoms with Crippen molar-refractivity contribution in [1.29, 1.82) is 0 Å². The van der Waals surface area contributed by atoms with Crippen LogP contribution in [0.2, 0.25) is 0 Å². The molecular formula is C11H23NOS. The summed E-state index contributed by atoms with van der Waals surface area (Å²) in [4.78, 5) is 2.44.